The molecule has 1 atom stereocenters. The maximum atomic E-state index is 12.8. The van der Waals surface area contributed by atoms with Gasteiger partial charge in [0.25, 0.3) is 0 Å². The molecule has 0 radical (unpaired) electrons. The monoisotopic (exact) mass is 1020 g/mol. The predicted octanol–water partition coefficient (Wildman–Crippen LogP) is 20.8. The van der Waals surface area contributed by atoms with Gasteiger partial charge in [0.15, 0.2) is 6.10 Å². The zero-order valence-corrected chi connectivity index (χ0v) is 48.1. The van der Waals surface area contributed by atoms with E-state index < -0.39 is 6.10 Å². The number of carbonyl (C=O) groups is 3. The van der Waals surface area contributed by atoms with Crippen LogP contribution in [0.25, 0.3) is 0 Å². The lowest BCUT2D eigenvalue weighted by molar-refractivity contribution is -0.167. The highest BCUT2D eigenvalue weighted by Crippen LogP contribution is 2.15. The van der Waals surface area contributed by atoms with Gasteiger partial charge in [0.2, 0.25) is 0 Å². The zero-order chi connectivity index (χ0) is 53.6. The molecule has 0 saturated heterocycles. The van der Waals surface area contributed by atoms with E-state index >= 15 is 0 Å². The van der Waals surface area contributed by atoms with E-state index in [0.717, 1.165) is 135 Å². The van der Waals surface area contributed by atoms with Crippen molar-refractivity contribution in [2.75, 3.05) is 13.2 Å². The molecule has 0 aliphatic heterocycles. The molecule has 1 unspecified atom stereocenters. The Morgan fingerprint density at radius 2 is 0.527 bits per heavy atom. The van der Waals surface area contributed by atoms with Crippen LogP contribution in [0.15, 0.2) is 122 Å². The zero-order valence-electron chi connectivity index (χ0n) is 48.1. The third kappa shape index (κ3) is 58.7. The van der Waals surface area contributed by atoms with E-state index in [1.165, 1.54) is 96.3 Å². The van der Waals surface area contributed by atoms with Gasteiger partial charge in [-0.05, 0) is 96.3 Å². The van der Waals surface area contributed by atoms with Gasteiger partial charge in [-0.3, -0.25) is 14.4 Å². The number of unbranched alkanes of at least 4 members (excludes halogenated alkanes) is 23. The second-order valence-electron chi connectivity index (χ2n) is 19.9. The van der Waals surface area contributed by atoms with Gasteiger partial charge in [-0.25, -0.2) is 0 Å². The summed E-state index contributed by atoms with van der Waals surface area (Å²) in [7, 11) is 0. The van der Waals surface area contributed by atoms with Gasteiger partial charge in [-0.2, -0.15) is 0 Å². The van der Waals surface area contributed by atoms with Crippen molar-refractivity contribution in [2.45, 2.75) is 277 Å². The van der Waals surface area contributed by atoms with Gasteiger partial charge in [0.1, 0.15) is 13.2 Å². The highest BCUT2D eigenvalue weighted by atomic mass is 16.6. The summed E-state index contributed by atoms with van der Waals surface area (Å²) in [6, 6.07) is 0. The summed E-state index contributed by atoms with van der Waals surface area (Å²) in [6.07, 6.45) is 85.1. The second kappa shape index (κ2) is 61.4. The highest BCUT2D eigenvalue weighted by molar-refractivity contribution is 5.71. The van der Waals surface area contributed by atoms with Gasteiger partial charge < -0.3 is 14.2 Å². The lowest BCUT2D eigenvalue weighted by Gasteiger charge is -2.18. The van der Waals surface area contributed by atoms with Crippen molar-refractivity contribution in [1.29, 1.82) is 0 Å². The number of allylic oxidation sites excluding steroid dienone is 20. The third-order valence-corrected chi connectivity index (χ3v) is 12.7. The number of rotatable bonds is 54. The first-order valence-corrected chi connectivity index (χ1v) is 30.5. The molecule has 0 aliphatic carbocycles. The van der Waals surface area contributed by atoms with E-state index in [1.807, 2.05) is 0 Å². The molecule has 0 bridgehead atoms. The fourth-order valence-corrected chi connectivity index (χ4v) is 8.18. The first-order chi connectivity index (χ1) is 36.5. The molecule has 0 aliphatic rings. The maximum Gasteiger partial charge on any atom is 0.306 e. The standard InChI is InChI=1S/C68H112O6/c1-4-7-10-13-16-18-20-22-24-25-26-27-28-29-30-31-32-33-34-35-36-37-38-39-40-41-42-43-44-46-47-49-52-55-58-61-67(70)73-64-65(63-72-66(69)60-57-54-51-15-12-9-6-3)74-68(71)62-59-56-53-50-48-45-23-21-19-17-14-11-8-5-2/h7,10,16,18,22,24,26-27,29-30,32-33,35-36,38-39,41-42,44,46,65H,4-6,8-9,11-15,17,19-21,23,25,28,31,34,37,40,43,45,47-64H2,1-3H3/b10-7-,18-16-,24-22-,27-26-,30-29-,33-32-,36-35-,39-38-,42-41-,46-44-. The van der Waals surface area contributed by atoms with Crippen LogP contribution in [0.5, 0.6) is 0 Å². The van der Waals surface area contributed by atoms with Crippen LogP contribution in [0.2, 0.25) is 0 Å². The van der Waals surface area contributed by atoms with Gasteiger partial charge in [-0.15, -0.1) is 0 Å². The molecule has 6 nitrogen and oxygen atoms in total. The van der Waals surface area contributed by atoms with Crippen LogP contribution in [0, 0.1) is 0 Å². The Bertz CT molecular complexity index is 1550. The number of hydrogen-bond acceptors (Lipinski definition) is 6. The molecule has 0 fully saturated rings. The van der Waals surface area contributed by atoms with Crippen molar-refractivity contribution in [3.8, 4) is 0 Å². The van der Waals surface area contributed by atoms with Gasteiger partial charge in [0.05, 0.1) is 0 Å². The minimum absolute atomic E-state index is 0.0847. The Balaban J connectivity index is 4.17. The second-order valence-corrected chi connectivity index (χ2v) is 19.9. The number of hydrogen-bond donors (Lipinski definition) is 0. The first-order valence-electron chi connectivity index (χ1n) is 30.5. The van der Waals surface area contributed by atoms with Crippen LogP contribution in [-0.4, -0.2) is 37.2 Å². The van der Waals surface area contributed by atoms with E-state index in [-0.39, 0.29) is 31.1 Å². The van der Waals surface area contributed by atoms with E-state index in [0.29, 0.717) is 19.3 Å². The lowest BCUT2D eigenvalue weighted by Crippen LogP contribution is -2.30. The average molecular weight is 1030 g/mol. The van der Waals surface area contributed by atoms with E-state index in [9.17, 15) is 14.4 Å². The van der Waals surface area contributed by atoms with Crippen LogP contribution in [-0.2, 0) is 28.6 Å². The molecule has 0 aromatic carbocycles. The molecule has 0 saturated carbocycles. The summed E-state index contributed by atoms with van der Waals surface area (Å²) in [6.45, 7) is 6.46. The molecule has 6 heteroatoms. The average Bonchev–Trinajstić information content (AvgIpc) is 3.40. The molecular weight excluding hydrogens is 913 g/mol. The Labute approximate surface area is 456 Å². The molecule has 0 spiro atoms. The van der Waals surface area contributed by atoms with Crippen LogP contribution >= 0.6 is 0 Å². The third-order valence-electron chi connectivity index (χ3n) is 12.7. The van der Waals surface area contributed by atoms with Crippen molar-refractivity contribution < 1.29 is 28.6 Å². The maximum absolute atomic E-state index is 12.8. The fourth-order valence-electron chi connectivity index (χ4n) is 8.18. The van der Waals surface area contributed by atoms with Gasteiger partial charge >= 0.3 is 17.9 Å². The van der Waals surface area contributed by atoms with Crippen LogP contribution in [0.3, 0.4) is 0 Å². The molecule has 0 rings (SSSR count). The van der Waals surface area contributed by atoms with Gasteiger partial charge in [0, 0.05) is 19.3 Å². The van der Waals surface area contributed by atoms with Crippen molar-refractivity contribution in [2.24, 2.45) is 0 Å². The summed E-state index contributed by atoms with van der Waals surface area (Å²) in [5, 5.41) is 0. The molecule has 420 valence electrons. The minimum Gasteiger partial charge on any atom is -0.462 e. The Morgan fingerprint density at radius 1 is 0.284 bits per heavy atom. The first kappa shape index (κ1) is 69.8. The Kier molecular flexibility index (Phi) is 57.9. The summed E-state index contributed by atoms with van der Waals surface area (Å²) >= 11 is 0. The van der Waals surface area contributed by atoms with Crippen molar-refractivity contribution in [3.63, 3.8) is 0 Å². The van der Waals surface area contributed by atoms with E-state index in [4.69, 9.17) is 14.2 Å². The van der Waals surface area contributed by atoms with Crippen molar-refractivity contribution >= 4 is 17.9 Å². The predicted molar refractivity (Wildman–Crippen MR) is 320 cm³/mol. The van der Waals surface area contributed by atoms with Gasteiger partial charge in [-0.1, -0.05) is 277 Å². The largest absolute Gasteiger partial charge is 0.462 e. The topological polar surface area (TPSA) is 78.9 Å². The summed E-state index contributed by atoms with van der Waals surface area (Å²) < 4.78 is 16.8. The van der Waals surface area contributed by atoms with E-state index in [2.05, 4.69) is 142 Å². The molecule has 0 heterocycles. The molecule has 0 amide bonds. The van der Waals surface area contributed by atoms with Crippen LogP contribution in [0.1, 0.15) is 271 Å². The SMILES string of the molecule is CC/C=C\C/C=C\C/C=C\C/C=C\C/C=C\C/C=C\C/C=C\C/C=C\C/C=C\C/C=C\CCCCCCC(=O)OCC(COC(=O)CCCCCCCCC)OC(=O)CCCCCCCCCCCCCCCC. The lowest BCUT2D eigenvalue weighted by atomic mass is 10.0. The minimum atomic E-state index is -0.785. The fraction of sp³-hybridized carbons (Fsp3) is 0.662. The number of carbonyl (C=O) groups excluding carboxylic acids is 3. The summed E-state index contributed by atoms with van der Waals surface area (Å²) in [4.78, 5) is 37.9. The van der Waals surface area contributed by atoms with Crippen LogP contribution < -0.4 is 0 Å². The molecule has 0 N–H and O–H groups in total. The van der Waals surface area contributed by atoms with Crippen molar-refractivity contribution in [3.05, 3.63) is 122 Å². The molecule has 0 aromatic rings. The smallest absolute Gasteiger partial charge is 0.306 e. The number of esters is 3. The Hall–Kier alpha value is -4.19. The summed E-state index contributed by atoms with van der Waals surface area (Å²) in [5.41, 5.74) is 0. The van der Waals surface area contributed by atoms with Crippen LogP contribution in [0.4, 0.5) is 0 Å². The number of ether oxygens (including phenoxy) is 3. The molecular formula is C68H112O6. The molecule has 0 aromatic heterocycles. The van der Waals surface area contributed by atoms with E-state index in [1.54, 1.807) is 0 Å². The Morgan fingerprint density at radius 3 is 0.824 bits per heavy atom. The molecule has 74 heavy (non-hydrogen) atoms. The van der Waals surface area contributed by atoms with Crippen molar-refractivity contribution in [1.82, 2.24) is 0 Å². The normalized spacial score (nSPS) is 13.0. The highest BCUT2D eigenvalue weighted by Gasteiger charge is 2.19. The quantitative estimate of drug-likeness (QED) is 0.0261. The summed E-state index contributed by atoms with van der Waals surface area (Å²) in [5.74, 6) is -0.916.